The van der Waals surface area contributed by atoms with E-state index in [0.717, 1.165) is 11.3 Å². The van der Waals surface area contributed by atoms with Gasteiger partial charge in [-0.05, 0) is 23.8 Å². The van der Waals surface area contributed by atoms with Crippen LogP contribution in [-0.4, -0.2) is 30.0 Å². The Bertz CT molecular complexity index is 685. The third-order valence-electron chi connectivity index (χ3n) is 3.55. The first-order valence-corrected chi connectivity index (χ1v) is 6.62. The van der Waals surface area contributed by atoms with Crippen molar-refractivity contribution in [2.24, 2.45) is 0 Å². The number of ether oxygens (including phenoxy) is 1. The van der Waals surface area contributed by atoms with Crippen molar-refractivity contribution >= 4 is 17.6 Å². The van der Waals surface area contributed by atoms with E-state index in [0.29, 0.717) is 12.1 Å². The van der Waals surface area contributed by atoms with Crippen molar-refractivity contribution in [2.45, 2.75) is 12.5 Å². The largest absolute Gasteiger partial charge is 0.467 e. The van der Waals surface area contributed by atoms with E-state index in [4.69, 9.17) is 4.74 Å². The van der Waals surface area contributed by atoms with Crippen molar-refractivity contribution in [1.82, 2.24) is 4.98 Å². The number of benzene rings is 1. The van der Waals surface area contributed by atoms with Crippen LogP contribution in [0.2, 0.25) is 0 Å². The summed E-state index contributed by atoms with van der Waals surface area (Å²) in [6.45, 7) is 0. The molecule has 0 spiro atoms. The second-order valence-electron chi connectivity index (χ2n) is 4.76. The molecule has 5 heteroatoms. The fraction of sp³-hybridized carbons (Fsp3) is 0.188. The second kappa shape index (κ2) is 5.36. The van der Waals surface area contributed by atoms with E-state index in [2.05, 4.69) is 4.98 Å². The molecule has 0 radical (unpaired) electrons. The summed E-state index contributed by atoms with van der Waals surface area (Å²) in [7, 11) is 1.33. The van der Waals surface area contributed by atoms with E-state index in [1.165, 1.54) is 12.0 Å². The molecular formula is C16H14N2O3. The second-order valence-corrected chi connectivity index (χ2v) is 4.76. The van der Waals surface area contributed by atoms with Crippen LogP contribution in [-0.2, 0) is 16.0 Å². The summed E-state index contributed by atoms with van der Waals surface area (Å²) in [5, 5.41) is 0. The number of carbonyl (C=O) groups is 2. The summed E-state index contributed by atoms with van der Waals surface area (Å²) >= 11 is 0. The molecule has 0 N–H and O–H groups in total. The van der Waals surface area contributed by atoms with Crippen LogP contribution in [0, 0.1) is 0 Å². The van der Waals surface area contributed by atoms with Gasteiger partial charge < -0.3 is 4.74 Å². The smallest absolute Gasteiger partial charge is 0.329 e. The van der Waals surface area contributed by atoms with Gasteiger partial charge in [0.25, 0.3) is 5.91 Å². The van der Waals surface area contributed by atoms with E-state index >= 15 is 0 Å². The van der Waals surface area contributed by atoms with E-state index in [9.17, 15) is 9.59 Å². The van der Waals surface area contributed by atoms with Crippen LogP contribution in [0.15, 0.2) is 48.7 Å². The zero-order valence-electron chi connectivity index (χ0n) is 11.5. The van der Waals surface area contributed by atoms with Crippen LogP contribution in [0.25, 0.3) is 0 Å². The Balaban J connectivity index is 2.03. The number of pyridine rings is 1. The van der Waals surface area contributed by atoms with E-state index in [1.807, 2.05) is 24.3 Å². The molecule has 3 rings (SSSR count). The molecule has 1 aliphatic rings. The molecule has 1 aromatic carbocycles. The molecule has 0 aliphatic carbocycles. The molecular weight excluding hydrogens is 268 g/mol. The zero-order valence-corrected chi connectivity index (χ0v) is 11.5. The Labute approximate surface area is 122 Å². The van der Waals surface area contributed by atoms with Crippen LogP contribution in [0.5, 0.6) is 0 Å². The van der Waals surface area contributed by atoms with Crippen LogP contribution < -0.4 is 4.90 Å². The van der Waals surface area contributed by atoms with Gasteiger partial charge in [-0.15, -0.1) is 0 Å². The van der Waals surface area contributed by atoms with Crippen molar-refractivity contribution in [3.8, 4) is 0 Å². The Kier molecular flexibility index (Phi) is 3.39. The number of anilines is 1. The molecule has 1 aromatic heterocycles. The minimum absolute atomic E-state index is 0.295. The Morgan fingerprint density at radius 1 is 1.19 bits per heavy atom. The molecule has 1 atom stereocenters. The maximum Gasteiger partial charge on any atom is 0.329 e. The van der Waals surface area contributed by atoms with Gasteiger partial charge in [0, 0.05) is 18.3 Å². The minimum Gasteiger partial charge on any atom is -0.467 e. The van der Waals surface area contributed by atoms with E-state index in [1.54, 1.807) is 24.4 Å². The molecule has 0 fully saturated rings. The van der Waals surface area contributed by atoms with E-state index < -0.39 is 12.0 Å². The van der Waals surface area contributed by atoms with Crippen LogP contribution >= 0.6 is 0 Å². The van der Waals surface area contributed by atoms with Gasteiger partial charge in [-0.25, -0.2) is 4.79 Å². The quantitative estimate of drug-likeness (QED) is 0.788. The van der Waals surface area contributed by atoms with Crippen LogP contribution in [0.1, 0.15) is 16.1 Å². The van der Waals surface area contributed by atoms with Crippen molar-refractivity contribution in [1.29, 1.82) is 0 Å². The number of amides is 1. The topological polar surface area (TPSA) is 59.5 Å². The van der Waals surface area contributed by atoms with Gasteiger partial charge in [-0.2, -0.15) is 0 Å². The highest BCUT2D eigenvalue weighted by atomic mass is 16.5. The number of para-hydroxylation sites is 1. The molecule has 0 saturated carbocycles. The van der Waals surface area contributed by atoms with Gasteiger partial charge in [0.15, 0.2) is 0 Å². The Hall–Kier alpha value is -2.69. The number of nitrogens with zero attached hydrogens (tertiary/aromatic N) is 2. The van der Waals surface area contributed by atoms with Gasteiger partial charge in [-0.3, -0.25) is 14.7 Å². The summed E-state index contributed by atoms with van der Waals surface area (Å²) in [6.07, 6.45) is 2.02. The average molecular weight is 282 g/mol. The third kappa shape index (κ3) is 2.27. The highest BCUT2D eigenvalue weighted by Crippen LogP contribution is 2.33. The van der Waals surface area contributed by atoms with Gasteiger partial charge in [0.2, 0.25) is 0 Å². The summed E-state index contributed by atoms with van der Waals surface area (Å²) in [5.74, 6) is -0.716. The number of aromatic nitrogens is 1. The predicted octanol–water partition coefficient (Wildman–Crippen LogP) is 1.83. The SMILES string of the molecule is COC(=O)[C@@H]1Cc2ccccc2N1C(=O)c1ccccn1. The molecule has 2 heterocycles. The standard InChI is InChI=1S/C16H14N2O3/c1-21-16(20)14-10-11-6-2-3-8-13(11)18(14)15(19)12-7-4-5-9-17-12/h2-9,14H,10H2,1H3/t14-/m0/s1. The number of hydrogen-bond acceptors (Lipinski definition) is 4. The molecule has 0 saturated heterocycles. The Morgan fingerprint density at radius 2 is 1.95 bits per heavy atom. The van der Waals surface area contributed by atoms with Gasteiger partial charge in [0.05, 0.1) is 7.11 Å². The average Bonchev–Trinajstić information content (AvgIpc) is 2.93. The van der Waals surface area contributed by atoms with Crippen molar-refractivity contribution < 1.29 is 14.3 Å². The number of hydrogen-bond donors (Lipinski definition) is 0. The Morgan fingerprint density at radius 3 is 2.67 bits per heavy atom. The predicted molar refractivity (Wildman–Crippen MR) is 77.0 cm³/mol. The lowest BCUT2D eigenvalue weighted by Gasteiger charge is -2.23. The van der Waals surface area contributed by atoms with E-state index in [-0.39, 0.29) is 5.91 Å². The number of rotatable bonds is 2. The normalized spacial score (nSPS) is 16.4. The summed E-state index contributed by atoms with van der Waals surface area (Å²) in [5.41, 5.74) is 2.00. The maximum absolute atomic E-state index is 12.7. The fourth-order valence-electron chi connectivity index (χ4n) is 2.57. The number of esters is 1. The number of fused-ring (bicyclic) bond motifs is 1. The highest BCUT2D eigenvalue weighted by molar-refractivity contribution is 6.10. The lowest BCUT2D eigenvalue weighted by atomic mass is 10.1. The fourth-order valence-corrected chi connectivity index (χ4v) is 2.57. The molecule has 1 amide bonds. The first-order chi connectivity index (χ1) is 10.2. The summed E-state index contributed by atoms with van der Waals surface area (Å²) < 4.78 is 4.83. The molecule has 0 unspecified atom stereocenters. The molecule has 0 bridgehead atoms. The first kappa shape index (κ1) is 13.3. The van der Waals surface area contributed by atoms with Gasteiger partial charge in [0.1, 0.15) is 11.7 Å². The summed E-state index contributed by atoms with van der Waals surface area (Å²) in [4.78, 5) is 30.2. The zero-order chi connectivity index (χ0) is 14.8. The third-order valence-corrected chi connectivity index (χ3v) is 3.55. The molecule has 106 valence electrons. The van der Waals surface area contributed by atoms with Crippen LogP contribution in [0.3, 0.4) is 0 Å². The van der Waals surface area contributed by atoms with Crippen molar-refractivity contribution in [3.05, 3.63) is 59.9 Å². The lowest BCUT2D eigenvalue weighted by molar-refractivity contribution is -0.141. The molecule has 21 heavy (non-hydrogen) atoms. The maximum atomic E-state index is 12.7. The minimum atomic E-state index is -0.637. The highest BCUT2D eigenvalue weighted by Gasteiger charge is 2.39. The molecule has 2 aromatic rings. The van der Waals surface area contributed by atoms with Gasteiger partial charge in [-0.1, -0.05) is 24.3 Å². The van der Waals surface area contributed by atoms with Crippen molar-refractivity contribution in [3.63, 3.8) is 0 Å². The monoisotopic (exact) mass is 282 g/mol. The molecule has 5 nitrogen and oxygen atoms in total. The van der Waals surface area contributed by atoms with Crippen molar-refractivity contribution in [2.75, 3.05) is 12.0 Å². The first-order valence-electron chi connectivity index (χ1n) is 6.62. The number of methoxy groups -OCH3 is 1. The molecule has 1 aliphatic heterocycles. The number of carbonyl (C=O) groups excluding carboxylic acids is 2. The summed E-state index contributed by atoms with van der Waals surface area (Å²) in [6, 6.07) is 12.0. The lowest BCUT2D eigenvalue weighted by Crippen LogP contribution is -2.43. The van der Waals surface area contributed by atoms with Crippen LogP contribution in [0.4, 0.5) is 5.69 Å². The van der Waals surface area contributed by atoms with Gasteiger partial charge >= 0.3 is 5.97 Å².